The summed E-state index contributed by atoms with van der Waals surface area (Å²) in [6.07, 6.45) is -4.58. The minimum atomic E-state index is -4.58. The van der Waals surface area contributed by atoms with Gasteiger partial charge in [0.1, 0.15) is 5.69 Å². The Labute approximate surface area is 154 Å². The van der Waals surface area contributed by atoms with Gasteiger partial charge >= 0.3 is 6.18 Å². The molecule has 0 aliphatic heterocycles. The Hall–Kier alpha value is -2.62. The van der Waals surface area contributed by atoms with E-state index in [0.717, 1.165) is 12.1 Å². The molecule has 2 rings (SSSR count). The molecule has 27 heavy (non-hydrogen) atoms. The fourth-order valence-electron chi connectivity index (χ4n) is 2.25. The molecule has 2 N–H and O–H groups in total. The predicted octanol–water partition coefficient (Wildman–Crippen LogP) is 3.73. The number of halogens is 3. The molecule has 1 amide bonds. The Kier molecular flexibility index (Phi) is 5.79. The van der Waals surface area contributed by atoms with Crippen LogP contribution in [-0.2, 0) is 16.2 Å². The zero-order chi connectivity index (χ0) is 20.4. The number of hydrogen-bond donors (Lipinski definition) is 2. The lowest BCUT2D eigenvalue weighted by atomic mass is 10.1. The van der Waals surface area contributed by atoms with E-state index in [1.165, 1.54) is 26.0 Å². The molecular formula is C17H18F3N3O3S. The van der Waals surface area contributed by atoms with Crippen molar-refractivity contribution in [1.29, 1.82) is 0 Å². The molecule has 2 aromatic rings. The summed E-state index contributed by atoms with van der Waals surface area (Å²) >= 11 is 0. The lowest BCUT2D eigenvalue weighted by Crippen LogP contribution is -2.17. The highest BCUT2D eigenvalue weighted by atomic mass is 32.2. The van der Waals surface area contributed by atoms with E-state index >= 15 is 0 Å². The molecule has 1 aromatic heterocycles. The summed E-state index contributed by atoms with van der Waals surface area (Å²) in [4.78, 5) is 15.7. The van der Waals surface area contributed by atoms with E-state index in [-0.39, 0.29) is 17.0 Å². The minimum Gasteiger partial charge on any atom is -0.322 e. The number of alkyl halides is 3. The summed E-state index contributed by atoms with van der Waals surface area (Å²) in [6, 6.07) is 6.35. The quantitative estimate of drug-likeness (QED) is 0.799. The molecule has 146 valence electrons. The van der Waals surface area contributed by atoms with Crippen LogP contribution in [0.5, 0.6) is 0 Å². The van der Waals surface area contributed by atoms with Crippen molar-refractivity contribution in [3.63, 3.8) is 0 Å². The lowest BCUT2D eigenvalue weighted by molar-refractivity contribution is -0.141. The maximum Gasteiger partial charge on any atom is 0.433 e. The van der Waals surface area contributed by atoms with Gasteiger partial charge in [-0.05, 0) is 56.7 Å². The van der Waals surface area contributed by atoms with E-state index in [2.05, 4.69) is 15.0 Å². The highest BCUT2D eigenvalue weighted by Gasteiger charge is 2.33. The summed E-state index contributed by atoms with van der Waals surface area (Å²) in [5.41, 5.74) is 0.216. The van der Waals surface area contributed by atoms with Crippen LogP contribution in [0.3, 0.4) is 0 Å². The van der Waals surface area contributed by atoms with Gasteiger partial charge in [-0.15, -0.1) is 0 Å². The van der Waals surface area contributed by atoms with Crippen molar-refractivity contribution in [2.24, 2.45) is 0 Å². The van der Waals surface area contributed by atoms with Gasteiger partial charge in [0.05, 0.1) is 22.7 Å². The predicted molar refractivity (Wildman–Crippen MR) is 96.2 cm³/mol. The molecule has 0 radical (unpaired) electrons. The Bertz CT molecular complexity index is 973. The number of carbonyl (C=O) groups is 1. The molecule has 0 atom stereocenters. The Morgan fingerprint density at radius 1 is 1.15 bits per heavy atom. The SMILES string of the molecule is CCS(=O)(=O)Nc1ccc(NC(=O)c2ccc(C(F)(F)F)nc2C)cc1C. The van der Waals surface area contributed by atoms with Crippen molar-refractivity contribution in [2.45, 2.75) is 26.9 Å². The average molecular weight is 401 g/mol. The third-order valence-electron chi connectivity index (χ3n) is 3.75. The second kappa shape index (κ2) is 7.55. The molecule has 0 saturated carbocycles. The van der Waals surface area contributed by atoms with E-state index in [1.54, 1.807) is 13.0 Å². The standard InChI is InChI=1S/C17H18F3N3O3S/c1-4-27(25,26)23-14-7-5-12(9-10(14)2)22-16(24)13-6-8-15(17(18,19)20)21-11(13)3/h5-9,23H,4H2,1-3H3,(H,22,24). The van der Waals surface area contributed by atoms with E-state index in [0.29, 0.717) is 16.9 Å². The number of anilines is 2. The molecule has 0 unspecified atom stereocenters. The van der Waals surface area contributed by atoms with Gasteiger partial charge in [0, 0.05) is 5.69 Å². The van der Waals surface area contributed by atoms with Crippen molar-refractivity contribution < 1.29 is 26.4 Å². The summed E-state index contributed by atoms with van der Waals surface area (Å²) in [5, 5.41) is 2.56. The molecule has 0 aliphatic rings. The van der Waals surface area contributed by atoms with Crippen LogP contribution in [0.25, 0.3) is 0 Å². The molecule has 10 heteroatoms. The molecule has 1 heterocycles. The first-order valence-electron chi connectivity index (χ1n) is 7.90. The number of nitrogens with one attached hydrogen (secondary N) is 2. The molecule has 0 bridgehead atoms. The van der Waals surface area contributed by atoms with Crippen molar-refractivity contribution in [2.75, 3.05) is 15.8 Å². The first-order chi connectivity index (χ1) is 12.4. The number of pyridine rings is 1. The van der Waals surface area contributed by atoms with Gasteiger partial charge in [-0.2, -0.15) is 13.2 Å². The van der Waals surface area contributed by atoms with Gasteiger partial charge in [0.2, 0.25) is 10.0 Å². The summed E-state index contributed by atoms with van der Waals surface area (Å²) < 4.78 is 63.7. The van der Waals surface area contributed by atoms with E-state index in [1.807, 2.05) is 0 Å². The average Bonchev–Trinajstić information content (AvgIpc) is 2.56. The van der Waals surface area contributed by atoms with Crippen LogP contribution in [-0.4, -0.2) is 25.1 Å². The number of nitrogens with zero attached hydrogens (tertiary/aromatic N) is 1. The minimum absolute atomic E-state index is 0.0106. The van der Waals surface area contributed by atoms with Gasteiger partial charge in [0.15, 0.2) is 0 Å². The van der Waals surface area contributed by atoms with Crippen LogP contribution >= 0.6 is 0 Å². The van der Waals surface area contributed by atoms with Crippen LogP contribution in [0, 0.1) is 13.8 Å². The molecule has 1 aromatic carbocycles. The highest BCUT2D eigenvalue weighted by molar-refractivity contribution is 7.92. The van der Waals surface area contributed by atoms with Crippen molar-refractivity contribution in [3.8, 4) is 0 Å². The zero-order valence-electron chi connectivity index (χ0n) is 14.8. The van der Waals surface area contributed by atoms with Crippen LogP contribution in [0.2, 0.25) is 0 Å². The van der Waals surface area contributed by atoms with Crippen molar-refractivity contribution in [3.05, 3.63) is 52.8 Å². The summed E-state index contributed by atoms with van der Waals surface area (Å²) in [6.45, 7) is 4.48. The summed E-state index contributed by atoms with van der Waals surface area (Å²) in [7, 11) is -3.43. The lowest BCUT2D eigenvalue weighted by Gasteiger charge is -2.13. The molecular weight excluding hydrogens is 383 g/mol. The largest absolute Gasteiger partial charge is 0.433 e. The first kappa shape index (κ1) is 20.7. The number of rotatable bonds is 5. The second-order valence-corrected chi connectivity index (χ2v) is 7.83. The number of sulfonamides is 1. The van der Waals surface area contributed by atoms with Gasteiger partial charge in [-0.3, -0.25) is 9.52 Å². The highest BCUT2D eigenvalue weighted by Crippen LogP contribution is 2.28. The van der Waals surface area contributed by atoms with Crippen LogP contribution < -0.4 is 10.0 Å². The first-order valence-corrected chi connectivity index (χ1v) is 9.55. The van der Waals surface area contributed by atoms with E-state index < -0.39 is 27.8 Å². The number of aromatic nitrogens is 1. The molecule has 0 saturated heterocycles. The van der Waals surface area contributed by atoms with Gasteiger partial charge in [-0.1, -0.05) is 0 Å². The normalized spacial score (nSPS) is 11.9. The smallest absolute Gasteiger partial charge is 0.322 e. The molecule has 0 spiro atoms. The number of aryl methyl sites for hydroxylation is 2. The van der Waals surface area contributed by atoms with Crippen LogP contribution in [0.1, 0.15) is 34.2 Å². The fourth-order valence-corrected chi connectivity index (χ4v) is 2.96. The maximum absolute atomic E-state index is 12.7. The molecule has 0 aliphatic carbocycles. The van der Waals surface area contributed by atoms with Gasteiger partial charge in [-0.25, -0.2) is 13.4 Å². The van der Waals surface area contributed by atoms with Gasteiger partial charge < -0.3 is 5.32 Å². The zero-order valence-corrected chi connectivity index (χ0v) is 15.6. The second-order valence-electron chi connectivity index (χ2n) is 5.82. The van der Waals surface area contributed by atoms with Crippen molar-refractivity contribution in [1.82, 2.24) is 4.98 Å². The van der Waals surface area contributed by atoms with Crippen LogP contribution in [0.15, 0.2) is 30.3 Å². The van der Waals surface area contributed by atoms with Crippen LogP contribution in [0.4, 0.5) is 24.5 Å². The number of carbonyl (C=O) groups excluding carboxylic acids is 1. The van der Waals surface area contributed by atoms with Crippen molar-refractivity contribution >= 4 is 27.3 Å². The molecule has 6 nitrogen and oxygen atoms in total. The topological polar surface area (TPSA) is 88.2 Å². The molecule has 0 fully saturated rings. The third-order valence-corrected chi connectivity index (χ3v) is 5.04. The monoisotopic (exact) mass is 401 g/mol. The summed E-state index contributed by atoms with van der Waals surface area (Å²) in [5.74, 6) is -0.694. The Balaban J connectivity index is 2.20. The van der Waals surface area contributed by atoms with E-state index in [9.17, 15) is 26.4 Å². The van der Waals surface area contributed by atoms with Gasteiger partial charge in [0.25, 0.3) is 5.91 Å². The maximum atomic E-state index is 12.7. The number of amides is 1. The number of benzene rings is 1. The number of hydrogen-bond acceptors (Lipinski definition) is 4. The fraction of sp³-hybridized carbons (Fsp3) is 0.294. The Morgan fingerprint density at radius 2 is 1.81 bits per heavy atom. The Morgan fingerprint density at radius 3 is 2.33 bits per heavy atom. The third kappa shape index (κ3) is 5.19. The van der Waals surface area contributed by atoms with E-state index in [4.69, 9.17) is 0 Å².